The number of rotatable bonds is 3. The summed E-state index contributed by atoms with van der Waals surface area (Å²) in [6.45, 7) is -0.123. The molecule has 0 aliphatic carbocycles. The van der Waals surface area contributed by atoms with Crippen LogP contribution in [0.5, 0.6) is 5.75 Å². The summed E-state index contributed by atoms with van der Waals surface area (Å²) in [5.74, 6) is 4.98. The Labute approximate surface area is 122 Å². The van der Waals surface area contributed by atoms with E-state index in [9.17, 15) is 4.39 Å². The van der Waals surface area contributed by atoms with Crippen molar-refractivity contribution in [3.63, 3.8) is 0 Å². The monoisotopic (exact) mass is 281 g/mol. The summed E-state index contributed by atoms with van der Waals surface area (Å²) in [7, 11) is 0. The Morgan fingerprint density at radius 2 is 1.95 bits per heavy atom. The van der Waals surface area contributed by atoms with Crippen LogP contribution in [0.25, 0.3) is 0 Å². The summed E-state index contributed by atoms with van der Waals surface area (Å²) in [6, 6.07) is 13.4. The molecular weight excluding hydrogens is 269 g/mol. The second kappa shape index (κ2) is 7.09. The van der Waals surface area contributed by atoms with Crippen LogP contribution < -0.4 is 4.74 Å². The van der Waals surface area contributed by atoms with Crippen LogP contribution in [0.4, 0.5) is 4.39 Å². The van der Waals surface area contributed by atoms with Crippen LogP contribution in [0.2, 0.25) is 0 Å². The van der Waals surface area contributed by atoms with Crippen LogP contribution >= 0.6 is 0 Å². The predicted molar refractivity (Wildman–Crippen MR) is 75.9 cm³/mol. The summed E-state index contributed by atoms with van der Waals surface area (Å²) < 4.78 is 19.1. The van der Waals surface area contributed by atoms with E-state index < -0.39 is 5.82 Å². The fraction of sp³-hybridized carbons (Fsp3) is 0.118. The van der Waals surface area contributed by atoms with Crippen molar-refractivity contribution in [2.45, 2.75) is 6.61 Å². The second-order valence-electron chi connectivity index (χ2n) is 4.17. The van der Waals surface area contributed by atoms with E-state index in [0.717, 1.165) is 5.56 Å². The Bertz CT molecular complexity index is 738. The lowest BCUT2D eigenvalue weighted by Crippen LogP contribution is -1.98. The standard InChI is InChI=1S/C17H12FNO2/c18-16-8-7-13(10-14(16)5-3-9-20)12-21-17-6-2-1-4-15(17)11-19/h1-2,4,6-8,10,20H,9,12H2. The third-order valence-corrected chi connectivity index (χ3v) is 2.73. The lowest BCUT2D eigenvalue weighted by Gasteiger charge is -2.08. The topological polar surface area (TPSA) is 53.2 Å². The highest BCUT2D eigenvalue weighted by Crippen LogP contribution is 2.19. The number of hydrogen-bond donors (Lipinski definition) is 1. The maximum absolute atomic E-state index is 13.5. The van der Waals surface area contributed by atoms with Crippen molar-refractivity contribution in [2.75, 3.05) is 6.61 Å². The zero-order valence-corrected chi connectivity index (χ0v) is 11.1. The molecule has 104 valence electrons. The highest BCUT2D eigenvalue weighted by Gasteiger charge is 2.05. The molecule has 0 atom stereocenters. The van der Waals surface area contributed by atoms with E-state index in [2.05, 4.69) is 11.8 Å². The van der Waals surface area contributed by atoms with E-state index in [4.69, 9.17) is 15.1 Å². The summed E-state index contributed by atoms with van der Waals surface area (Å²) in [6.07, 6.45) is 0. The molecule has 0 heterocycles. The van der Waals surface area contributed by atoms with Crippen LogP contribution in [0, 0.1) is 29.0 Å². The van der Waals surface area contributed by atoms with E-state index in [1.807, 2.05) is 6.07 Å². The fourth-order valence-electron chi connectivity index (χ4n) is 1.74. The molecule has 1 N–H and O–H groups in total. The molecular formula is C17H12FNO2. The molecule has 2 aromatic carbocycles. The first-order chi connectivity index (χ1) is 10.2. The molecule has 0 radical (unpaired) electrons. The molecule has 0 saturated carbocycles. The number of halogens is 1. The molecule has 21 heavy (non-hydrogen) atoms. The van der Waals surface area contributed by atoms with Gasteiger partial charge in [-0.3, -0.25) is 0 Å². The normalized spacial score (nSPS) is 9.38. The average molecular weight is 281 g/mol. The van der Waals surface area contributed by atoms with E-state index in [1.165, 1.54) is 6.07 Å². The summed E-state index contributed by atoms with van der Waals surface area (Å²) >= 11 is 0. The van der Waals surface area contributed by atoms with Gasteiger partial charge in [0.15, 0.2) is 0 Å². The minimum Gasteiger partial charge on any atom is -0.488 e. The van der Waals surface area contributed by atoms with E-state index >= 15 is 0 Å². The molecule has 0 spiro atoms. The van der Waals surface area contributed by atoms with Crippen LogP contribution in [0.3, 0.4) is 0 Å². The number of nitriles is 1. The van der Waals surface area contributed by atoms with Crippen molar-refractivity contribution in [2.24, 2.45) is 0 Å². The number of aliphatic hydroxyl groups is 1. The number of nitrogens with zero attached hydrogens (tertiary/aromatic N) is 1. The lowest BCUT2D eigenvalue weighted by atomic mass is 10.1. The fourth-order valence-corrected chi connectivity index (χ4v) is 1.74. The maximum atomic E-state index is 13.5. The third kappa shape index (κ3) is 3.82. The predicted octanol–water partition coefficient (Wildman–Crippen LogP) is 2.62. The molecule has 0 amide bonds. The second-order valence-corrected chi connectivity index (χ2v) is 4.17. The zero-order chi connectivity index (χ0) is 15.1. The van der Waals surface area contributed by atoms with Crippen molar-refractivity contribution in [1.29, 1.82) is 5.26 Å². The Kier molecular flexibility index (Phi) is 4.93. The minimum atomic E-state index is -0.447. The van der Waals surface area contributed by atoms with Crippen molar-refractivity contribution >= 4 is 0 Å². The van der Waals surface area contributed by atoms with Gasteiger partial charge >= 0.3 is 0 Å². The maximum Gasteiger partial charge on any atom is 0.138 e. The first-order valence-electron chi connectivity index (χ1n) is 6.24. The molecule has 0 bridgehead atoms. The molecule has 0 aliphatic heterocycles. The van der Waals surface area contributed by atoms with Crippen molar-refractivity contribution in [3.05, 3.63) is 65.0 Å². The van der Waals surface area contributed by atoms with Crippen LogP contribution in [0.15, 0.2) is 42.5 Å². The Balaban J connectivity index is 2.15. The average Bonchev–Trinajstić information content (AvgIpc) is 2.53. The van der Waals surface area contributed by atoms with Gasteiger partial charge in [0.25, 0.3) is 0 Å². The van der Waals surface area contributed by atoms with Crippen molar-refractivity contribution in [1.82, 2.24) is 0 Å². The third-order valence-electron chi connectivity index (χ3n) is 2.73. The molecule has 0 aliphatic rings. The summed E-state index contributed by atoms with van der Waals surface area (Å²) in [4.78, 5) is 0. The molecule has 0 fully saturated rings. The number of benzene rings is 2. The summed E-state index contributed by atoms with van der Waals surface area (Å²) in [5.41, 5.74) is 1.38. The Morgan fingerprint density at radius 3 is 2.71 bits per heavy atom. The van der Waals surface area contributed by atoms with Crippen LogP contribution in [-0.4, -0.2) is 11.7 Å². The molecule has 0 unspecified atom stereocenters. The minimum absolute atomic E-state index is 0.201. The lowest BCUT2D eigenvalue weighted by molar-refractivity contribution is 0.305. The molecule has 2 rings (SSSR count). The first kappa shape index (κ1) is 14.6. The first-order valence-corrected chi connectivity index (χ1v) is 6.24. The molecule has 3 nitrogen and oxygen atoms in total. The van der Waals surface area contributed by atoms with Crippen molar-refractivity contribution < 1.29 is 14.2 Å². The van der Waals surface area contributed by atoms with Crippen LogP contribution in [0.1, 0.15) is 16.7 Å². The SMILES string of the molecule is N#Cc1ccccc1OCc1ccc(F)c(C#CCO)c1. The van der Waals surface area contributed by atoms with E-state index in [0.29, 0.717) is 11.3 Å². The summed E-state index contributed by atoms with van der Waals surface area (Å²) in [5, 5.41) is 17.6. The largest absolute Gasteiger partial charge is 0.488 e. The molecule has 0 saturated heterocycles. The Hall–Kier alpha value is -2.82. The van der Waals surface area contributed by atoms with E-state index in [1.54, 1.807) is 36.4 Å². The van der Waals surface area contributed by atoms with Gasteiger partial charge < -0.3 is 9.84 Å². The van der Waals surface area contributed by atoms with Gasteiger partial charge in [0.2, 0.25) is 0 Å². The van der Waals surface area contributed by atoms with Gasteiger partial charge in [-0.1, -0.05) is 30.0 Å². The molecule has 2 aromatic rings. The zero-order valence-electron chi connectivity index (χ0n) is 11.1. The van der Waals surface area contributed by atoms with Crippen molar-refractivity contribution in [3.8, 4) is 23.7 Å². The quantitative estimate of drug-likeness (QED) is 0.880. The molecule has 4 heteroatoms. The highest BCUT2D eigenvalue weighted by molar-refractivity contribution is 5.43. The molecule has 0 aromatic heterocycles. The number of ether oxygens (including phenoxy) is 1. The number of aliphatic hydroxyl groups excluding tert-OH is 1. The Morgan fingerprint density at radius 1 is 1.14 bits per heavy atom. The van der Waals surface area contributed by atoms with Gasteiger partial charge in [-0.05, 0) is 29.8 Å². The van der Waals surface area contributed by atoms with E-state index in [-0.39, 0.29) is 18.8 Å². The van der Waals surface area contributed by atoms with Gasteiger partial charge in [-0.25, -0.2) is 4.39 Å². The van der Waals surface area contributed by atoms with Crippen LogP contribution in [-0.2, 0) is 6.61 Å². The number of hydrogen-bond acceptors (Lipinski definition) is 3. The van der Waals surface area contributed by atoms with Gasteiger partial charge in [0, 0.05) is 0 Å². The highest BCUT2D eigenvalue weighted by atomic mass is 19.1. The van der Waals surface area contributed by atoms with Gasteiger partial charge in [-0.2, -0.15) is 5.26 Å². The van der Waals surface area contributed by atoms with Gasteiger partial charge in [0.1, 0.15) is 30.8 Å². The number of para-hydroxylation sites is 1. The van der Waals surface area contributed by atoms with Gasteiger partial charge in [-0.15, -0.1) is 0 Å². The van der Waals surface area contributed by atoms with Gasteiger partial charge in [0.05, 0.1) is 11.1 Å². The smallest absolute Gasteiger partial charge is 0.138 e.